The topological polar surface area (TPSA) is 177 Å². The molecule has 2 N–H and O–H groups in total. The van der Waals surface area contributed by atoms with Gasteiger partial charge in [0.15, 0.2) is 0 Å². The fourth-order valence-electron chi connectivity index (χ4n) is 9.77. The number of nitrogens with zero attached hydrogens (tertiary/aromatic N) is 6. The largest absolute Gasteiger partial charge is 0.444 e. The number of anilines is 1. The molecule has 8 heterocycles. The molecule has 0 aromatic carbocycles. The number of hydrogen-bond acceptors (Lipinski definition) is 15. The highest BCUT2D eigenvalue weighted by molar-refractivity contribution is 7.19. The predicted molar refractivity (Wildman–Crippen MR) is 242 cm³/mol. The van der Waals surface area contributed by atoms with E-state index < -0.39 is 30.8 Å². The van der Waals surface area contributed by atoms with Crippen molar-refractivity contribution in [2.45, 2.75) is 103 Å². The average molecular weight is 1010 g/mol. The van der Waals surface area contributed by atoms with Crippen molar-refractivity contribution in [3.05, 3.63) is 39.7 Å². The quantitative estimate of drug-likeness (QED) is 0.150. The van der Waals surface area contributed by atoms with Gasteiger partial charge < -0.3 is 25.2 Å². The van der Waals surface area contributed by atoms with Crippen LogP contribution in [0.5, 0.6) is 0 Å². The third-order valence-electron chi connectivity index (χ3n) is 13.1. The molecule has 0 bridgehead atoms. The second kappa shape index (κ2) is 18.4. The van der Waals surface area contributed by atoms with Crippen LogP contribution in [0.2, 0.25) is 5.15 Å². The van der Waals surface area contributed by atoms with Crippen LogP contribution in [-0.4, -0.2) is 124 Å². The van der Waals surface area contributed by atoms with Gasteiger partial charge >= 0.3 is 18.4 Å². The van der Waals surface area contributed by atoms with Gasteiger partial charge in [0.25, 0.3) is 0 Å². The second-order valence-electron chi connectivity index (χ2n) is 20.8. The summed E-state index contributed by atoms with van der Waals surface area (Å²) in [5.41, 5.74) is 0.677. The summed E-state index contributed by atoms with van der Waals surface area (Å²) >= 11 is 7.76. The minimum atomic E-state index is -4.22. The number of hydrogen-bond donors (Lipinski definition) is 2. The lowest BCUT2D eigenvalue weighted by atomic mass is 9.63. The number of nitrogens with one attached hydrogen (secondary N) is 2. The van der Waals surface area contributed by atoms with Crippen LogP contribution in [0, 0.1) is 21.7 Å². The van der Waals surface area contributed by atoms with Crippen molar-refractivity contribution >= 4 is 89.8 Å². The Balaban J connectivity index is 0.000000121. The maximum atomic E-state index is 12.5. The first kappa shape index (κ1) is 50.0. The highest BCUT2D eigenvalue weighted by atomic mass is 35.5. The molecule has 1 amide bonds. The molecule has 8 fully saturated rings. The fraction of sp³-hybridized carbons (Fsp3) is 0.622. The van der Waals surface area contributed by atoms with Gasteiger partial charge in [-0.15, -0.1) is 22.7 Å². The Morgan fingerprint density at radius 3 is 1.40 bits per heavy atom. The zero-order chi connectivity index (χ0) is 49.1. The molecule has 12 rings (SSSR count). The summed E-state index contributed by atoms with van der Waals surface area (Å²) in [5.74, 6) is 2.19. The summed E-state index contributed by atoms with van der Waals surface area (Å²) in [6.07, 6.45) is -2.05. The molecule has 4 aliphatic heterocycles. The predicted octanol–water partition coefficient (Wildman–Crippen LogP) is 7.88. The molecular formula is C45H51ClF6N8O6S2. The smallest absolute Gasteiger partial charge is 0.410 e. The monoisotopic (exact) mass is 1010 g/mol. The van der Waals surface area contributed by atoms with E-state index in [1.165, 1.54) is 18.7 Å². The minimum absolute atomic E-state index is 0.0825. The molecule has 14 nitrogen and oxygen atoms in total. The molecule has 0 atom stereocenters. The molecule has 368 valence electrons. The Morgan fingerprint density at radius 2 is 1.03 bits per heavy atom. The summed E-state index contributed by atoms with van der Waals surface area (Å²) in [6, 6.07) is 2.93. The van der Waals surface area contributed by atoms with E-state index in [9.17, 15) is 50.3 Å². The van der Waals surface area contributed by atoms with E-state index in [1.807, 2.05) is 25.7 Å². The van der Waals surface area contributed by atoms with Gasteiger partial charge in [-0.3, -0.25) is 19.2 Å². The first-order chi connectivity index (χ1) is 31.7. The molecule has 4 saturated heterocycles. The summed E-state index contributed by atoms with van der Waals surface area (Å²) in [6.45, 7) is 12.8. The molecule has 23 heteroatoms. The Bertz CT molecular complexity index is 2540. The minimum Gasteiger partial charge on any atom is -0.444 e. The second-order valence-corrected chi connectivity index (χ2v) is 23.4. The van der Waals surface area contributed by atoms with E-state index in [-0.39, 0.29) is 37.6 Å². The number of Topliss-reactive ketones (excluding diaryl/α,β-unsaturated/α-hetero) is 4. The van der Waals surface area contributed by atoms with Crippen LogP contribution in [0.3, 0.4) is 0 Å². The lowest BCUT2D eigenvalue weighted by Gasteiger charge is -2.55. The van der Waals surface area contributed by atoms with Crippen LogP contribution in [0.25, 0.3) is 20.4 Å². The molecular weight excluding hydrogens is 962 g/mol. The van der Waals surface area contributed by atoms with Crippen LogP contribution >= 0.6 is 34.3 Å². The van der Waals surface area contributed by atoms with Crippen molar-refractivity contribution in [1.29, 1.82) is 0 Å². The third kappa shape index (κ3) is 11.8. The number of amides is 1. The lowest BCUT2D eigenvalue weighted by molar-refractivity contribution is -0.144. The molecule has 4 aromatic rings. The number of aromatic nitrogens is 4. The van der Waals surface area contributed by atoms with E-state index in [0.29, 0.717) is 93.2 Å². The van der Waals surface area contributed by atoms with E-state index in [0.717, 1.165) is 87.6 Å². The SMILES string of the molecule is CC(C)(C)OC(=O)N1CC2(CC(=O)C2)C1.FC(F)(F)Cc1cc2c(Cl)ncnc2s1.O=C1CC2(C1)CN(c1ncnc3sc(CC(F)(F)F)cc13)C2.O=C1CC2(CNC2)C1.O=C1CC2(CNC2)C1. The summed E-state index contributed by atoms with van der Waals surface area (Å²) in [7, 11) is 0. The van der Waals surface area contributed by atoms with Crippen molar-refractivity contribution in [2.24, 2.45) is 21.7 Å². The number of likely N-dealkylation sites (tertiary alicyclic amines) is 1. The first-order valence-corrected chi connectivity index (χ1v) is 24.2. The van der Waals surface area contributed by atoms with Gasteiger partial charge in [-0.05, 0) is 32.9 Å². The van der Waals surface area contributed by atoms with E-state index in [2.05, 4.69) is 30.6 Å². The normalized spacial score (nSPS) is 21.9. The van der Waals surface area contributed by atoms with Crippen LogP contribution in [-0.2, 0) is 36.8 Å². The fourth-order valence-corrected chi connectivity index (χ4v) is 12.1. The van der Waals surface area contributed by atoms with Crippen LogP contribution in [0.4, 0.5) is 37.0 Å². The van der Waals surface area contributed by atoms with Gasteiger partial charge in [0.2, 0.25) is 0 Å². The Labute approximate surface area is 400 Å². The average Bonchev–Trinajstić information content (AvgIpc) is 3.71. The van der Waals surface area contributed by atoms with Gasteiger partial charge in [0.1, 0.15) is 62.0 Å². The Hall–Kier alpha value is -4.38. The van der Waals surface area contributed by atoms with Crippen LogP contribution < -0.4 is 15.5 Å². The molecule has 4 spiro atoms. The Morgan fingerprint density at radius 1 is 0.632 bits per heavy atom. The molecule has 0 unspecified atom stereocenters. The van der Waals surface area contributed by atoms with Gasteiger partial charge in [-0.1, -0.05) is 11.6 Å². The van der Waals surface area contributed by atoms with Gasteiger partial charge in [-0.2, -0.15) is 26.3 Å². The van der Waals surface area contributed by atoms with E-state index in [4.69, 9.17) is 16.3 Å². The maximum Gasteiger partial charge on any atom is 0.410 e. The zero-order valence-corrected chi connectivity index (χ0v) is 40.0. The molecule has 68 heavy (non-hydrogen) atoms. The van der Waals surface area contributed by atoms with Crippen LogP contribution in [0.15, 0.2) is 24.8 Å². The number of halogens is 7. The summed E-state index contributed by atoms with van der Waals surface area (Å²) in [4.78, 5) is 75.6. The number of ether oxygens (including phenoxy) is 1. The van der Waals surface area contributed by atoms with Crippen molar-refractivity contribution in [3.8, 4) is 0 Å². The number of ketones is 4. The third-order valence-corrected chi connectivity index (χ3v) is 15.5. The number of rotatable bonds is 3. The van der Waals surface area contributed by atoms with Gasteiger partial charge in [-0.25, -0.2) is 24.7 Å². The van der Waals surface area contributed by atoms with Crippen molar-refractivity contribution < 1.29 is 55.1 Å². The number of alkyl halides is 6. The van der Waals surface area contributed by atoms with Crippen molar-refractivity contribution in [2.75, 3.05) is 57.3 Å². The van der Waals surface area contributed by atoms with Gasteiger partial charge in [0.05, 0.1) is 18.2 Å². The highest BCUT2D eigenvalue weighted by Gasteiger charge is 2.55. The molecule has 4 aromatic heterocycles. The molecule has 8 aliphatic rings. The molecule has 0 radical (unpaired) electrons. The standard InChI is InChI=1S/C14H12F3N3OS.C11H17NO3.C8H4ClF3N2S.2C6H9NO/c15-14(16,17)4-9-1-10-11(18-7-19-12(10)22-9)20-5-13(6-20)2-8(21)3-13;1-10(2,3)15-9(14)12-6-11(7-12)4-8(13)5-11;9-6-5-1-4(2-8(10,11)12)15-7(5)14-3-13-6;2*8-5-1-6(2-5)3-7-4-6/h1,7H,2-6H2;4-7H2,1-3H3;1,3H,2H2;2*7H,1-4H2. The summed E-state index contributed by atoms with van der Waals surface area (Å²) < 4.78 is 79.1. The van der Waals surface area contributed by atoms with Crippen LogP contribution in [0.1, 0.15) is 81.9 Å². The van der Waals surface area contributed by atoms with Gasteiger partial charge in [0, 0.05) is 141 Å². The molecule has 4 aliphatic carbocycles. The Kier molecular flexibility index (Phi) is 13.5. The number of fused-ring (bicyclic) bond motifs is 2. The maximum absolute atomic E-state index is 12.5. The highest BCUT2D eigenvalue weighted by Crippen LogP contribution is 2.49. The van der Waals surface area contributed by atoms with E-state index in [1.54, 1.807) is 11.0 Å². The van der Waals surface area contributed by atoms with Crippen molar-refractivity contribution in [1.82, 2.24) is 35.5 Å². The summed E-state index contributed by atoms with van der Waals surface area (Å²) in [5, 5.41) is 7.68. The van der Waals surface area contributed by atoms with Crippen molar-refractivity contribution in [3.63, 3.8) is 0 Å². The number of thiophene rings is 2. The molecule has 4 saturated carbocycles. The first-order valence-electron chi connectivity index (χ1n) is 22.2. The lowest BCUT2D eigenvalue weighted by Crippen LogP contribution is -2.64. The number of carbonyl (C=O) groups excluding carboxylic acids is 5. The number of carbonyl (C=O) groups is 5. The van der Waals surface area contributed by atoms with E-state index >= 15 is 0 Å². The zero-order valence-electron chi connectivity index (χ0n) is 37.6.